The highest BCUT2D eigenvalue weighted by Gasteiger charge is 1.75. The third kappa shape index (κ3) is 24.8. The highest BCUT2D eigenvalue weighted by atomic mass is 79.9. The van der Waals surface area contributed by atoms with Crippen molar-refractivity contribution in [2.24, 2.45) is 0 Å². The van der Waals surface area contributed by atoms with Crippen LogP contribution in [0.5, 0.6) is 0 Å². The zero-order valence-corrected chi connectivity index (χ0v) is 5.73. The fourth-order valence-electron chi connectivity index (χ4n) is 0. The predicted molar refractivity (Wildman–Crippen MR) is 28.8 cm³/mol. The second kappa shape index (κ2) is 9.32. The van der Waals surface area contributed by atoms with Gasteiger partial charge in [0.05, 0.1) is 23.4 Å². The smallest absolute Gasteiger partial charge is 0.302 e. The maximum Gasteiger partial charge on any atom is 0.302 e. The van der Waals surface area contributed by atoms with E-state index in [1.54, 1.807) is 0 Å². The average molecular weight is 171 g/mol. The van der Waals surface area contributed by atoms with Crippen molar-refractivity contribution in [1.29, 1.82) is 0 Å². The molecule has 4 heteroatoms. The molecule has 1 N–H and O–H groups in total. The van der Waals surface area contributed by atoms with E-state index in [1.807, 2.05) is 16.3 Å². The third-order valence-corrected chi connectivity index (χ3v) is 0.287. The highest BCUT2D eigenvalue weighted by molar-refractivity contribution is 9.05. The van der Waals surface area contributed by atoms with Gasteiger partial charge in [0.1, 0.15) is 0 Å². The first-order valence-electron chi connectivity index (χ1n) is 1.49. The standard InChI is InChI=1S/C3H6O2.BrHO/c1-3(4)5-2;1-2/h1-2H3;2H. The van der Waals surface area contributed by atoms with Gasteiger partial charge >= 0.3 is 5.97 Å². The summed E-state index contributed by atoms with van der Waals surface area (Å²) in [7, 11) is 1.35. The Morgan fingerprint density at radius 3 is 1.86 bits per heavy atom. The molecule has 0 bridgehead atoms. The molecule has 0 saturated carbocycles. The minimum atomic E-state index is -0.245. The molecule has 0 aromatic carbocycles. The Morgan fingerprint density at radius 1 is 1.71 bits per heavy atom. The zero-order valence-electron chi connectivity index (χ0n) is 4.14. The Bertz CT molecular complexity index is 45.4. The predicted octanol–water partition coefficient (Wildman–Crippen LogP) is 0.468. The summed E-state index contributed by atoms with van der Waals surface area (Å²) in [5, 5.41) is 0. The van der Waals surface area contributed by atoms with E-state index in [-0.39, 0.29) is 5.97 Å². The molecule has 3 nitrogen and oxygen atoms in total. The summed E-state index contributed by atoms with van der Waals surface area (Å²) in [5.74, 6) is -0.245. The molecule has 0 fully saturated rings. The largest absolute Gasteiger partial charge is 0.469 e. The summed E-state index contributed by atoms with van der Waals surface area (Å²) < 4.78 is 10.9. The zero-order chi connectivity index (χ0) is 6.28. The Hall–Kier alpha value is -0.0900. The van der Waals surface area contributed by atoms with Gasteiger partial charge in [-0.15, -0.1) is 0 Å². The van der Waals surface area contributed by atoms with Crippen molar-refractivity contribution in [1.82, 2.24) is 0 Å². The van der Waals surface area contributed by atoms with Crippen molar-refractivity contribution in [2.75, 3.05) is 7.11 Å². The minimum Gasteiger partial charge on any atom is -0.469 e. The van der Waals surface area contributed by atoms with Gasteiger partial charge in [-0.1, -0.05) is 0 Å². The highest BCUT2D eigenvalue weighted by Crippen LogP contribution is 1.60. The number of ether oxygens (including phenoxy) is 1. The molecule has 0 aliphatic carbocycles. The first-order chi connectivity index (χ1) is 3.27. The molecule has 7 heavy (non-hydrogen) atoms. The number of carbonyl (C=O) groups excluding carboxylic acids is 1. The van der Waals surface area contributed by atoms with Crippen LogP contribution >= 0.6 is 16.3 Å². The van der Waals surface area contributed by atoms with E-state index in [2.05, 4.69) is 4.74 Å². The Balaban J connectivity index is 0. The molecule has 0 aliphatic heterocycles. The third-order valence-electron chi connectivity index (χ3n) is 0.287. The molecule has 0 radical (unpaired) electrons. The molecule has 0 atom stereocenters. The number of methoxy groups -OCH3 is 1. The molecular weight excluding hydrogens is 164 g/mol. The van der Waals surface area contributed by atoms with Crippen molar-refractivity contribution in [3.8, 4) is 0 Å². The van der Waals surface area contributed by atoms with Crippen molar-refractivity contribution in [3.05, 3.63) is 0 Å². The van der Waals surface area contributed by atoms with Gasteiger partial charge in [-0.3, -0.25) is 4.79 Å². The number of halogens is 1. The summed E-state index contributed by atoms with van der Waals surface area (Å²) in [6.45, 7) is 1.36. The van der Waals surface area contributed by atoms with E-state index in [0.717, 1.165) is 0 Å². The maximum atomic E-state index is 9.59. The van der Waals surface area contributed by atoms with Crippen LogP contribution in [-0.4, -0.2) is 17.3 Å². The maximum absolute atomic E-state index is 9.59. The minimum absolute atomic E-state index is 0.245. The number of hydrogen-bond acceptors (Lipinski definition) is 3. The Morgan fingerprint density at radius 2 is 1.86 bits per heavy atom. The molecule has 0 amide bonds. The topological polar surface area (TPSA) is 46.5 Å². The SMILES string of the molecule is COC(C)=O.OBr. The monoisotopic (exact) mass is 170 g/mol. The van der Waals surface area contributed by atoms with Gasteiger partial charge in [0.25, 0.3) is 0 Å². The molecule has 0 saturated heterocycles. The molecule has 0 rings (SSSR count). The lowest BCUT2D eigenvalue weighted by atomic mass is 10.8. The van der Waals surface area contributed by atoms with Crippen LogP contribution in [0.3, 0.4) is 0 Å². The van der Waals surface area contributed by atoms with E-state index < -0.39 is 0 Å². The van der Waals surface area contributed by atoms with Crippen molar-refractivity contribution >= 4 is 22.2 Å². The van der Waals surface area contributed by atoms with Gasteiger partial charge in [0.15, 0.2) is 0 Å². The van der Waals surface area contributed by atoms with E-state index >= 15 is 0 Å². The van der Waals surface area contributed by atoms with Crippen molar-refractivity contribution in [2.45, 2.75) is 6.92 Å². The van der Waals surface area contributed by atoms with Crippen molar-refractivity contribution < 1.29 is 13.7 Å². The van der Waals surface area contributed by atoms with Crippen LogP contribution in [0.15, 0.2) is 0 Å². The van der Waals surface area contributed by atoms with Crippen LogP contribution < -0.4 is 0 Å². The molecule has 44 valence electrons. The van der Waals surface area contributed by atoms with Gasteiger partial charge in [0.2, 0.25) is 0 Å². The number of esters is 1. The molecule has 0 spiro atoms. The van der Waals surface area contributed by atoms with Crippen LogP contribution in [-0.2, 0) is 9.53 Å². The van der Waals surface area contributed by atoms with Crippen LogP contribution in [0.1, 0.15) is 6.92 Å². The first kappa shape index (κ1) is 10.0. The van der Waals surface area contributed by atoms with Gasteiger partial charge < -0.3 is 8.93 Å². The lowest BCUT2D eigenvalue weighted by Gasteiger charge is -1.80. The van der Waals surface area contributed by atoms with Gasteiger partial charge in [-0.2, -0.15) is 0 Å². The van der Waals surface area contributed by atoms with Crippen molar-refractivity contribution in [3.63, 3.8) is 0 Å². The summed E-state index contributed by atoms with van der Waals surface area (Å²) >= 11 is 1.94. The van der Waals surface area contributed by atoms with Gasteiger partial charge in [0, 0.05) is 6.92 Å². The van der Waals surface area contributed by atoms with E-state index in [1.165, 1.54) is 14.0 Å². The fourth-order valence-corrected chi connectivity index (χ4v) is 0. The number of rotatable bonds is 0. The lowest BCUT2D eigenvalue weighted by molar-refractivity contribution is -0.137. The lowest BCUT2D eigenvalue weighted by Crippen LogP contribution is -1.88. The van der Waals surface area contributed by atoms with E-state index in [0.29, 0.717) is 0 Å². The number of carbonyl (C=O) groups is 1. The van der Waals surface area contributed by atoms with Gasteiger partial charge in [-0.05, 0) is 0 Å². The quantitative estimate of drug-likeness (QED) is 0.538. The van der Waals surface area contributed by atoms with Crippen LogP contribution in [0.4, 0.5) is 0 Å². The molecule has 0 heterocycles. The van der Waals surface area contributed by atoms with E-state index in [4.69, 9.17) is 4.20 Å². The summed E-state index contributed by atoms with van der Waals surface area (Å²) in [4.78, 5) is 9.59. The molecule has 0 aromatic heterocycles. The van der Waals surface area contributed by atoms with Gasteiger partial charge in [-0.25, -0.2) is 0 Å². The molecule has 0 unspecified atom stereocenters. The van der Waals surface area contributed by atoms with E-state index in [9.17, 15) is 4.79 Å². The Kier molecular flexibility index (Phi) is 13.3. The normalized spacial score (nSPS) is 5.71. The fraction of sp³-hybridized carbons (Fsp3) is 0.667. The van der Waals surface area contributed by atoms with Crippen LogP contribution in [0.25, 0.3) is 0 Å². The molecule has 0 aromatic rings. The second-order valence-electron chi connectivity index (χ2n) is 0.696. The van der Waals surface area contributed by atoms with Crippen LogP contribution in [0, 0.1) is 0 Å². The first-order valence-corrected chi connectivity index (χ1v) is 2.19. The summed E-state index contributed by atoms with van der Waals surface area (Å²) in [6.07, 6.45) is 0. The Labute approximate surface area is 50.7 Å². The number of hydrogen-bond donors (Lipinski definition) is 1. The second-order valence-corrected chi connectivity index (χ2v) is 0.696. The van der Waals surface area contributed by atoms with Crippen LogP contribution in [0.2, 0.25) is 0 Å². The summed E-state index contributed by atoms with van der Waals surface area (Å²) in [5.41, 5.74) is 0. The summed E-state index contributed by atoms with van der Waals surface area (Å²) in [6, 6.07) is 0. The molecule has 0 aliphatic rings. The molecular formula is C3H7BrO3. The average Bonchev–Trinajstić information content (AvgIpc) is 1.73.